The van der Waals surface area contributed by atoms with Gasteiger partial charge in [-0.15, -0.1) is 0 Å². The van der Waals surface area contributed by atoms with Gasteiger partial charge >= 0.3 is 5.97 Å². The molecule has 1 aliphatic carbocycles. The van der Waals surface area contributed by atoms with Crippen LogP contribution in [0.1, 0.15) is 32.1 Å². The first-order chi connectivity index (χ1) is 7.19. The van der Waals surface area contributed by atoms with Crippen molar-refractivity contribution in [2.45, 2.75) is 32.1 Å². The van der Waals surface area contributed by atoms with E-state index in [1.165, 1.54) is 13.5 Å². The number of likely N-dealkylation sites (tertiary alicyclic amines) is 1. The second-order valence-electron chi connectivity index (χ2n) is 5.08. The van der Waals surface area contributed by atoms with Gasteiger partial charge < -0.3 is 9.64 Å². The highest BCUT2D eigenvalue weighted by molar-refractivity contribution is 5.78. The number of methoxy groups -OCH3 is 1. The van der Waals surface area contributed by atoms with Gasteiger partial charge in [0.1, 0.15) is 0 Å². The van der Waals surface area contributed by atoms with Crippen molar-refractivity contribution in [3.63, 3.8) is 0 Å². The van der Waals surface area contributed by atoms with E-state index in [2.05, 4.69) is 11.9 Å². The fraction of sp³-hybridized carbons (Fsp3) is 0.917. The molecule has 1 saturated carbocycles. The van der Waals surface area contributed by atoms with Gasteiger partial charge in [-0.3, -0.25) is 4.79 Å². The standard InChI is InChI=1S/C12H21NO2/c1-13-8-4-10(5-9-13)12(6-3-7-12)11(14)15-2/h10H,3-9H2,1-2H3. The summed E-state index contributed by atoms with van der Waals surface area (Å²) < 4.78 is 4.99. The molecule has 0 radical (unpaired) electrons. The molecule has 0 unspecified atom stereocenters. The van der Waals surface area contributed by atoms with Crippen molar-refractivity contribution in [1.29, 1.82) is 0 Å². The molecule has 0 N–H and O–H groups in total. The molecule has 3 nitrogen and oxygen atoms in total. The van der Waals surface area contributed by atoms with Gasteiger partial charge in [0, 0.05) is 0 Å². The van der Waals surface area contributed by atoms with Crippen LogP contribution < -0.4 is 0 Å². The first-order valence-electron chi connectivity index (χ1n) is 5.96. The van der Waals surface area contributed by atoms with Crippen molar-refractivity contribution in [3.8, 4) is 0 Å². The molecule has 3 heteroatoms. The van der Waals surface area contributed by atoms with Gasteiger partial charge in [0.25, 0.3) is 0 Å². The highest BCUT2D eigenvalue weighted by atomic mass is 16.5. The van der Waals surface area contributed by atoms with Crippen LogP contribution in [0.5, 0.6) is 0 Å². The van der Waals surface area contributed by atoms with E-state index in [9.17, 15) is 4.79 Å². The van der Waals surface area contributed by atoms with E-state index < -0.39 is 0 Å². The lowest BCUT2D eigenvalue weighted by molar-refractivity contribution is -0.165. The highest BCUT2D eigenvalue weighted by Crippen LogP contribution is 2.51. The molecule has 0 spiro atoms. The van der Waals surface area contributed by atoms with Gasteiger partial charge in [-0.25, -0.2) is 0 Å². The SMILES string of the molecule is COC(=O)C1(C2CCN(C)CC2)CCC1. The third-order valence-corrected chi connectivity index (χ3v) is 4.34. The van der Waals surface area contributed by atoms with Crippen molar-refractivity contribution >= 4 is 5.97 Å². The Balaban J connectivity index is 2.03. The maximum absolute atomic E-state index is 11.9. The molecule has 86 valence electrons. The molecule has 0 amide bonds. The minimum atomic E-state index is -0.101. The predicted molar refractivity (Wildman–Crippen MR) is 58.5 cm³/mol. The molecule has 0 atom stereocenters. The average molecular weight is 211 g/mol. The van der Waals surface area contributed by atoms with Crippen LogP contribution in [0.25, 0.3) is 0 Å². The Morgan fingerprint density at radius 3 is 2.33 bits per heavy atom. The lowest BCUT2D eigenvalue weighted by atomic mass is 9.58. The van der Waals surface area contributed by atoms with E-state index in [0.717, 1.165) is 38.8 Å². The number of carbonyl (C=O) groups is 1. The molecule has 15 heavy (non-hydrogen) atoms. The molecule has 0 aromatic carbocycles. The summed E-state index contributed by atoms with van der Waals surface area (Å²) >= 11 is 0. The number of hydrogen-bond donors (Lipinski definition) is 0. The first-order valence-corrected chi connectivity index (χ1v) is 5.96. The number of rotatable bonds is 2. The van der Waals surface area contributed by atoms with Crippen LogP contribution in [0.2, 0.25) is 0 Å². The van der Waals surface area contributed by atoms with Gasteiger partial charge in [-0.2, -0.15) is 0 Å². The summed E-state index contributed by atoms with van der Waals surface area (Å²) in [5, 5.41) is 0. The first kappa shape index (κ1) is 10.9. The van der Waals surface area contributed by atoms with Gasteiger partial charge in [0.2, 0.25) is 0 Å². The van der Waals surface area contributed by atoms with E-state index in [4.69, 9.17) is 4.74 Å². The van der Waals surface area contributed by atoms with Crippen molar-refractivity contribution in [2.75, 3.05) is 27.2 Å². The van der Waals surface area contributed by atoms with E-state index in [-0.39, 0.29) is 11.4 Å². The Morgan fingerprint density at radius 2 is 1.93 bits per heavy atom. The summed E-state index contributed by atoms with van der Waals surface area (Å²) in [5.74, 6) is 0.609. The Kier molecular flexibility index (Phi) is 3.01. The fourth-order valence-electron chi connectivity index (χ4n) is 3.10. The summed E-state index contributed by atoms with van der Waals surface area (Å²) in [6.45, 7) is 2.26. The Morgan fingerprint density at radius 1 is 1.33 bits per heavy atom. The number of hydrogen-bond acceptors (Lipinski definition) is 3. The second kappa shape index (κ2) is 4.12. The van der Waals surface area contributed by atoms with E-state index >= 15 is 0 Å². The molecule has 0 aromatic rings. The molecule has 2 fully saturated rings. The molecular weight excluding hydrogens is 190 g/mol. The Hall–Kier alpha value is -0.570. The normalized spacial score (nSPS) is 27.1. The molecule has 0 aromatic heterocycles. The van der Waals surface area contributed by atoms with Crippen LogP contribution >= 0.6 is 0 Å². The third-order valence-electron chi connectivity index (χ3n) is 4.34. The molecule has 0 bridgehead atoms. The smallest absolute Gasteiger partial charge is 0.312 e. The molecule has 2 aliphatic rings. The fourth-order valence-corrected chi connectivity index (χ4v) is 3.10. The zero-order valence-corrected chi connectivity index (χ0v) is 9.79. The number of carbonyl (C=O) groups excluding carboxylic acids is 1. The van der Waals surface area contributed by atoms with Crippen molar-refractivity contribution in [1.82, 2.24) is 4.90 Å². The Bertz CT molecular complexity index is 240. The van der Waals surface area contributed by atoms with Crippen LogP contribution in [0.3, 0.4) is 0 Å². The monoisotopic (exact) mass is 211 g/mol. The van der Waals surface area contributed by atoms with Crippen molar-refractivity contribution in [2.24, 2.45) is 11.3 Å². The topological polar surface area (TPSA) is 29.5 Å². The zero-order chi connectivity index (χ0) is 10.9. The quantitative estimate of drug-likeness (QED) is 0.651. The number of nitrogens with zero attached hydrogens (tertiary/aromatic N) is 1. The van der Waals surface area contributed by atoms with Gasteiger partial charge in [-0.1, -0.05) is 6.42 Å². The molecule has 1 saturated heterocycles. The highest BCUT2D eigenvalue weighted by Gasteiger charge is 2.51. The molecular formula is C12H21NO2. The summed E-state index contributed by atoms with van der Waals surface area (Å²) in [5.41, 5.74) is -0.101. The van der Waals surface area contributed by atoms with Crippen LogP contribution in [0.15, 0.2) is 0 Å². The minimum Gasteiger partial charge on any atom is -0.469 e. The third kappa shape index (κ3) is 1.78. The number of ether oxygens (including phenoxy) is 1. The molecule has 1 heterocycles. The average Bonchev–Trinajstić information content (AvgIpc) is 2.19. The van der Waals surface area contributed by atoms with E-state index in [1.54, 1.807) is 0 Å². The van der Waals surface area contributed by atoms with Gasteiger partial charge in [0.15, 0.2) is 0 Å². The molecule has 1 aliphatic heterocycles. The number of piperidine rings is 1. The summed E-state index contributed by atoms with van der Waals surface area (Å²) in [6.07, 6.45) is 5.61. The largest absolute Gasteiger partial charge is 0.469 e. The summed E-state index contributed by atoms with van der Waals surface area (Å²) in [4.78, 5) is 14.2. The lowest BCUT2D eigenvalue weighted by Crippen LogP contribution is -2.49. The van der Waals surface area contributed by atoms with Gasteiger partial charge in [-0.05, 0) is 51.7 Å². The van der Waals surface area contributed by atoms with E-state index in [0.29, 0.717) is 5.92 Å². The summed E-state index contributed by atoms with van der Waals surface area (Å²) in [7, 11) is 3.68. The van der Waals surface area contributed by atoms with Crippen LogP contribution in [0.4, 0.5) is 0 Å². The van der Waals surface area contributed by atoms with Crippen molar-refractivity contribution in [3.05, 3.63) is 0 Å². The predicted octanol–water partition coefficient (Wildman–Crippen LogP) is 1.67. The summed E-state index contributed by atoms with van der Waals surface area (Å²) in [6, 6.07) is 0. The molecule has 2 rings (SSSR count). The van der Waals surface area contributed by atoms with Gasteiger partial charge in [0.05, 0.1) is 12.5 Å². The Labute approximate surface area is 91.8 Å². The number of esters is 1. The maximum atomic E-state index is 11.9. The maximum Gasteiger partial charge on any atom is 0.312 e. The van der Waals surface area contributed by atoms with Crippen LogP contribution in [-0.4, -0.2) is 38.1 Å². The van der Waals surface area contributed by atoms with Crippen LogP contribution in [0, 0.1) is 11.3 Å². The minimum absolute atomic E-state index is 0.0447. The van der Waals surface area contributed by atoms with Crippen molar-refractivity contribution < 1.29 is 9.53 Å². The van der Waals surface area contributed by atoms with Crippen LogP contribution in [-0.2, 0) is 9.53 Å². The zero-order valence-electron chi connectivity index (χ0n) is 9.79. The lowest BCUT2D eigenvalue weighted by Gasteiger charge is -2.47. The van der Waals surface area contributed by atoms with E-state index in [1.807, 2.05) is 0 Å². The second-order valence-corrected chi connectivity index (χ2v) is 5.08.